The lowest BCUT2D eigenvalue weighted by molar-refractivity contribution is -0.0804. The summed E-state index contributed by atoms with van der Waals surface area (Å²) in [5.41, 5.74) is 6.13. The zero-order valence-electron chi connectivity index (χ0n) is 21.5. The maximum absolute atomic E-state index is 14.9. The molecule has 0 amide bonds. The van der Waals surface area contributed by atoms with Crippen molar-refractivity contribution in [2.75, 3.05) is 26.2 Å². The zero-order chi connectivity index (χ0) is 24.1. The topological polar surface area (TPSA) is 76.5 Å². The SMILES string of the molecule is CC(C)C1(O)CCN(C2CCC(CN3C[C@]4(N)CC[C@H]3C4)CC2C2CCC(C#N)C(F)C2)CC1. The number of piperidine rings is 2. The summed E-state index contributed by atoms with van der Waals surface area (Å²) < 4.78 is 14.9. The van der Waals surface area contributed by atoms with Crippen LogP contribution in [0.25, 0.3) is 0 Å². The second-order valence-corrected chi connectivity index (χ2v) is 13.2. The van der Waals surface area contributed by atoms with Gasteiger partial charge in [0.2, 0.25) is 0 Å². The molecular weight excluding hydrogens is 427 g/mol. The molecule has 34 heavy (non-hydrogen) atoms. The molecule has 3 saturated carbocycles. The number of hydrogen-bond acceptors (Lipinski definition) is 5. The highest BCUT2D eigenvalue weighted by Gasteiger charge is 2.49. The molecule has 5 fully saturated rings. The summed E-state index contributed by atoms with van der Waals surface area (Å²) >= 11 is 0. The molecule has 3 aliphatic carbocycles. The number of nitriles is 1. The molecule has 5 rings (SSSR count). The minimum Gasteiger partial charge on any atom is -0.390 e. The van der Waals surface area contributed by atoms with Crippen LogP contribution in [0.1, 0.15) is 84.5 Å². The minimum absolute atomic E-state index is 0.0550. The van der Waals surface area contributed by atoms with Crippen LogP contribution in [0.2, 0.25) is 0 Å². The van der Waals surface area contributed by atoms with Gasteiger partial charge in [0.1, 0.15) is 6.17 Å². The van der Waals surface area contributed by atoms with Crippen LogP contribution in [0.5, 0.6) is 0 Å². The van der Waals surface area contributed by atoms with Crippen molar-refractivity contribution in [2.45, 2.75) is 114 Å². The summed E-state index contributed by atoms with van der Waals surface area (Å²) in [6.45, 7) is 8.40. The van der Waals surface area contributed by atoms with Gasteiger partial charge in [-0.25, -0.2) is 4.39 Å². The Hall–Kier alpha value is -0.740. The maximum Gasteiger partial charge on any atom is 0.116 e. The molecule has 6 heteroatoms. The summed E-state index contributed by atoms with van der Waals surface area (Å²) in [6.07, 6.45) is 10.2. The monoisotopic (exact) mass is 474 g/mol. The van der Waals surface area contributed by atoms with Crippen molar-refractivity contribution in [3.8, 4) is 6.07 Å². The first kappa shape index (κ1) is 24.9. The summed E-state index contributed by atoms with van der Waals surface area (Å²) in [4.78, 5) is 5.33. The molecule has 0 spiro atoms. The first-order valence-electron chi connectivity index (χ1n) is 14.2. The second kappa shape index (κ2) is 9.61. The average molecular weight is 475 g/mol. The maximum atomic E-state index is 14.9. The van der Waals surface area contributed by atoms with E-state index in [4.69, 9.17) is 5.73 Å². The third kappa shape index (κ3) is 4.80. The van der Waals surface area contributed by atoms with Gasteiger partial charge in [-0.05, 0) is 94.3 Å². The number of rotatable bonds is 5. The van der Waals surface area contributed by atoms with Gasteiger partial charge >= 0.3 is 0 Å². The van der Waals surface area contributed by atoms with Crippen LogP contribution in [0.15, 0.2) is 0 Å². The Morgan fingerprint density at radius 3 is 2.44 bits per heavy atom. The molecule has 0 aromatic carbocycles. The van der Waals surface area contributed by atoms with E-state index >= 15 is 0 Å². The van der Waals surface area contributed by atoms with Gasteiger partial charge in [-0.1, -0.05) is 13.8 Å². The molecule has 3 N–H and O–H groups in total. The predicted molar refractivity (Wildman–Crippen MR) is 133 cm³/mol. The van der Waals surface area contributed by atoms with E-state index < -0.39 is 17.7 Å². The number of alkyl halides is 1. The van der Waals surface area contributed by atoms with Crippen molar-refractivity contribution in [3.05, 3.63) is 0 Å². The van der Waals surface area contributed by atoms with E-state index in [0.29, 0.717) is 42.7 Å². The van der Waals surface area contributed by atoms with Crippen molar-refractivity contribution in [1.82, 2.24) is 9.80 Å². The standard InChI is InChI=1S/C28H47FN4O/c1-19(2)28(34)9-11-32(12-10-28)26-6-3-20(17-33-18-27(31)8-7-23(33)15-27)13-24(26)21-4-5-22(16-30)25(29)14-21/h19-26,34H,3-15,17-18,31H2,1-2H3/t20?,21?,22?,23-,24?,25?,26?,27-/m0/s1. The van der Waals surface area contributed by atoms with Crippen LogP contribution >= 0.6 is 0 Å². The highest BCUT2D eigenvalue weighted by molar-refractivity contribution is 5.07. The molecular formula is C28H47FN4O. The molecule has 5 nitrogen and oxygen atoms in total. The van der Waals surface area contributed by atoms with Gasteiger partial charge in [-0.15, -0.1) is 0 Å². The Balaban J connectivity index is 1.27. The molecule has 0 aromatic heterocycles. The van der Waals surface area contributed by atoms with Gasteiger partial charge in [0, 0.05) is 43.8 Å². The van der Waals surface area contributed by atoms with E-state index in [1.54, 1.807) is 0 Å². The minimum atomic E-state index is -0.969. The number of fused-ring (bicyclic) bond motifs is 2. The van der Waals surface area contributed by atoms with Crippen molar-refractivity contribution in [1.29, 1.82) is 5.26 Å². The summed E-state index contributed by atoms with van der Waals surface area (Å²) in [5, 5.41) is 20.4. The van der Waals surface area contributed by atoms with Crippen LogP contribution in [0.3, 0.4) is 0 Å². The van der Waals surface area contributed by atoms with Gasteiger partial charge in [-0.2, -0.15) is 5.26 Å². The van der Waals surface area contributed by atoms with Crippen LogP contribution < -0.4 is 5.73 Å². The highest BCUT2D eigenvalue weighted by atomic mass is 19.1. The summed E-state index contributed by atoms with van der Waals surface area (Å²) in [6, 6.07) is 3.39. The van der Waals surface area contributed by atoms with Crippen molar-refractivity contribution >= 4 is 0 Å². The lowest BCUT2D eigenvalue weighted by atomic mass is 9.65. The van der Waals surface area contributed by atoms with E-state index in [1.165, 1.54) is 38.5 Å². The largest absolute Gasteiger partial charge is 0.390 e. The van der Waals surface area contributed by atoms with Crippen LogP contribution in [0, 0.1) is 40.9 Å². The number of nitrogens with zero attached hydrogens (tertiary/aromatic N) is 3. The van der Waals surface area contributed by atoms with Crippen LogP contribution in [-0.4, -0.2) is 70.5 Å². The van der Waals surface area contributed by atoms with E-state index in [-0.39, 0.29) is 11.5 Å². The molecule has 2 saturated heterocycles. The molecule has 192 valence electrons. The zero-order valence-corrected chi connectivity index (χ0v) is 21.5. The number of halogens is 1. The van der Waals surface area contributed by atoms with Crippen molar-refractivity contribution in [2.24, 2.45) is 35.3 Å². The fourth-order valence-electron chi connectivity index (χ4n) is 8.57. The Kier molecular flexibility index (Phi) is 7.05. The van der Waals surface area contributed by atoms with E-state index in [9.17, 15) is 14.8 Å². The van der Waals surface area contributed by atoms with Gasteiger partial charge in [0.05, 0.1) is 17.6 Å². The number of hydrogen-bond donors (Lipinski definition) is 2. The molecule has 0 radical (unpaired) electrons. The lowest BCUT2D eigenvalue weighted by Crippen LogP contribution is -2.55. The number of likely N-dealkylation sites (tertiary alicyclic amines) is 2. The molecule has 8 atom stereocenters. The lowest BCUT2D eigenvalue weighted by Gasteiger charge is -2.51. The summed E-state index contributed by atoms with van der Waals surface area (Å²) in [7, 11) is 0. The van der Waals surface area contributed by atoms with Crippen molar-refractivity contribution in [3.63, 3.8) is 0 Å². The predicted octanol–water partition coefficient (Wildman–Crippen LogP) is 4.10. The highest BCUT2D eigenvalue weighted by Crippen LogP contribution is 2.47. The first-order valence-corrected chi connectivity index (χ1v) is 14.2. The van der Waals surface area contributed by atoms with Gasteiger partial charge in [0.15, 0.2) is 0 Å². The molecule has 6 unspecified atom stereocenters. The van der Waals surface area contributed by atoms with Crippen LogP contribution in [-0.2, 0) is 0 Å². The normalized spacial score (nSPS) is 45.5. The molecule has 5 aliphatic rings. The number of aliphatic hydroxyl groups is 1. The third-order valence-corrected chi connectivity index (χ3v) is 10.9. The van der Waals surface area contributed by atoms with Gasteiger partial charge in [-0.3, -0.25) is 9.80 Å². The fourth-order valence-corrected chi connectivity index (χ4v) is 8.57. The smallest absolute Gasteiger partial charge is 0.116 e. The first-order chi connectivity index (χ1) is 16.2. The third-order valence-electron chi connectivity index (χ3n) is 10.9. The summed E-state index contributed by atoms with van der Waals surface area (Å²) in [5.74, 6) is 1.44. The Morgan fingerprint density at radius 2 is 1.85 bits per heavy atom. The second-order valence-electron chi connectivity index (χ2n) is 13.2. The van der Waals surface area contributed by atoms with E-state index in [2.05, 4.69) is 29.7 Å². The Bertz CT molecular complexity index is 762. The molecule has 2 bridgehead atoms. The fraction of sp³-hybridized carbons (Fsp3) is 0.964. The molecule has 2 aliphatic heterocycles. The van der Waals surface area contributed by atoms with E-state index in [1.807, 2.05) is 0 Å². The Labute approximate surface area is 206 Å². The van der Waals surface area contributed by atoms with Gasteiger partial charge in [0.25, 0.3) is 0 Å². The average Bonchev–Trinajstić information content (AvgIpc) is 3.35. The molecule has 2 heterocycles. The van der Waals surface area contributed by atoms with Crippen molar-refractivity contribution < 1.29 is 9.50 Å². The Morgan fingerprint density at radius 1 is 1.09 bits per heavy atom. The quantitative estimate of drug-likeness (QED) is 0.627. The number of nitrogens with two attached hydrogens (primary N) is 1. The van der Waals surface area contributed by atoms with E-state index in [0.717, 1.165) is 45.4 Å². The van der Waals surface area contributed by atoms with Crippen LogP contribution in [0.4, 0.5) is 4.39 Å². The molecule has 0 aromatic rings. The van der Waals surface area contributed by atoms with Gasteiger partial charge < -0.3 is 10.8 Å².